The molecule has 0 aliphatic rings. The topological polar surface area (TPSA) is 79.6 Å². The van der Waals surface area contributed by atoms with Crippen LogP contribution in [0.25, 0.3) is 27.7 Å². The van der Waals surface area contributed by atoms with Crippen molar-refractivity contribution in [1.82, 2.24) is 14.6 Å². The van der Waals surface area contributed by atoms with Crippen LogP contribution in [-0.2, 0) is 6.61 Å². The van der Waals surface area contributed by atoms with Crippen LogP contribution in [0, 0.1) is 6.92 Å². The van der Waals surface area contributed by atoms with Gasteiger partial charge in [0.2, 0.25) is 0 Å². The maximum Gasteiger partial charge on any atom is 0.348 e. The van der Waals surface area contributed by atoms with Crippen molar-refractivity contribution in [3.05, 3.63) is 64.1 Å². The first-order valence-electron chi connectivity index (χ1n) is 7.91. The van der Waals surface area contributed by atoms with Crippen LogP contribution in [0.1, 0.15) is 11.1 Å². The van der Waals surface area contributed by atoms with Crippen LogP contribution in [0.15, 0.2) is 47.3 Å². The molecule has 0 saturated heterocycles. The Morgan fingerprint density at radius 2 is 2.04 bits per heavy atom. The van der Waals surface area contributed by atoms with Gasteiger partial charge in [-0.15, -0.1) is 0 Å². The van der Waals surface area contributed by atoms with Crippen molar-refractivity contribution in [1.29, 1.82) is 0 Å². The van der Waals surface area contributed by atoms with Gasteiger partial charge in [-0.3, -0.25) is 0 Å². The Morgan fingerprint density at radius 1 is 1.20 bits per heavy atom. The van der Waals surface area contributed by atoms with Crippen LogP contribution in [0.4, 0.5) is 0 Å². The third-order valence-electron chi connectivity index (χ3n) is 4.46. The van der Waals surface area contributed by atoms with E-state index in [9.17, 15) is 9.90 Å². The molecule has 126 valence electrons. The van der Waals surface area contributed by atoms with Crippen LogP contribution in [-0.4, -0.2) is 26.8 Å². The molecule has 0 amide bonds. The summed E-state index contributed by atoms with van der Waals surface area (Å²) in [5.41, 5.74) is 4.63. The number of aryl methyl sites for hydroxylation is 1. The Morgan fingerprint density at radius 3 is 2.80 bits per heavy atom. The number of aliphatic hydroxyl groups excluding tert-OH is 1. The fraction of sp³-hybridized carbons (Fsp3) is 0.158. The lowest BCUT2D eigenvalue weighted by atomic mass is 9.98. The van der Waals surface area contributed by atoms with E-state index in [0.29, 0.717) is 11.4 Å². The molecule has 0 fully saturated rings. The summed E-state index contributed by atoms with van der Waals surface area (Å²) in [6.45, 7) is 1.83. The molecule has 25 heavy (non-hydrogen) atoms. The Kier molecular flexibility index (Phi) is 3.54. The summed E-state index contributed by atoms with van der Waals surface area (Å²) in [6.07, 6.45) is 0. The number of aromatic amines is 1. The van der Waals surface area contributed by atoms with Crippen LogP contribution >= 0.6 is 0 Å². The highest BCUT2D eigenvalue weighted by Crippen LogP contribution is 2.30. The lowest BCUT2D eigenvalue weighted by Crippen LogP contribution is -2.10. The number of hydrogen-bond donors (Lipinski definition) is 2. The van der Waals surface area contributed by atoms with E-state index in [1.807, 2.05) is 49.4 Å². The molecule has 6 heteroatoms. The summed E-state index contributed by atoms with van der Waals surface area (Å²) in [5.74, 6) is 0.692. The average molecular weight is 335 g/mol. The van der Waals surface area contributed by atoms with Crippen molar-refractivity contribution < 1.29 is 9.84 Å². The van der Waals surface area contributed by atoms with Crippen molar-refractivity contribution >= 4 is 16.6 Å². The van der Waals surface area contributed by atoms with Crippen molar-refractivity contribution in [3.8, 4) is 16.9 Å². The highest BCUT2D eigenvalue weighted by molar-refractivity contribution is 5.88. The minimum absolute atomic E-state index is 0.0977. The van der Waals surface area contributed by atoms with E-state index in [1.165, 1.54) is 0 Å². The van der Waals surface area contributed by atoms with Crippen molar-refractivity contribution in [2.75, 3.05) is 7.11 Å². The van der Waals surface area contributed by atoms with E-state index < -0.39 is 0 Å². The second kappa shape index (κ2) is 5.75. The summed E-state index contributed by atoms with van der Waals surface area (Å²) in [5, 5.41) is 17.3. The monoisotopic (exact) mass is 335 g/mol. The highest BCUT2D eigenvalue weighted by Gasteiger charge is 2.12. The van der Waals surface area contributed by atoms with Crippen molar-refractivity contribution in [2.24, 2.45) is 0 Å². The number of nitrogens with zero attached hydrogens (tertiary/aromatic N) is 2. The molecule has 0 bridgehead atoms. The van der Waals surface area contributed by atoms with E-state index in [1.54, 1.807) is 11.5 Å². The standard InChI is InChI=1S/C19H17N3O3/c1-11-7-13-4-3-12(9-17(13)22-18(11)20-21-19(22)24)16-6-5-15(25-2)8-14(16)10-23/h3-9,23H,10H2,1-2H3,(H,21,24). The van der Waals surface area contributed by atoms with Gasteiger partial charge in [0.05, 0.1) is 19.2 Å². The molecule has 2 aromatic heterocycles. The summed E-state index contributed by atoms with van der Waals surface area (Å²) < 4.78 is 6.80. The predicted molar refractivity (Wildman–Crippen MR) is 96.0 cm³/mol. The quantitative estimate of drug-likeness (QED) is 0.603. The lowest BCUT2D eigenvalue weighted by Gasteiger charge is -2.11. The average Bonchev–Trinajstić information content (AvgIpc) is 3.04. The molecular formula is C19H17N3O3. The molecule has 0 saturated carbocycles. The van der Waals surface area contributed by atoms with Crippen LogP contribution < -0.4 is 10.4 Å². The van der Waals surface area contributed by atoms with E-state index in [2.05, 4.69) is 10.2 Å². The van der Waals surface area contributed by atoms with Crippen molar-refractivity contribution in [2.45, 2.75) is 13.5 Å². The molecule has 2 aromatic carbocycles. The van der Waals surface area contributed by atoms with Gasteiger partial charge in [-0.05, 0) is 58.8 Å². The maximum atomic E-state index is 12.2. The number of ether oxygens (including phenoxy) is 1. The Labute approximate surface area is 143 Å². The molecule has 0 unspecified atom stereocenters. The number of aliphatic hydroxyl groups is 1. The van der Waals surface area contributed by atoms with Gasteiger partial charge in [0, 0.05) is 0 Å². The zero-order chi connectivity index (χ0) is 17.6. The van der Waals surface area contributed by atoms with Gasteiger partial charge in [-0.2, -0.15) is 5.10 Å². The molecule has 6 nitrogen and oxygen atoms in total. The van der Waals surface area contributed by atoms with Crippen LogP contribution in [0.2, 0.25) is 0 Å². The first-order valence-corrected chi connectivity index (χ1v) is 7.91. The Hall–Kier alpha value is -3.12. The SMILES string of the molecule is COc1ccc(-c2ccc3cc(C)c4n[nH]c(=O)n4c3c2)c(CO)c1. The van der Waals surface area contributed by atoms with E-state index in [4.69, 9.17) is 4.74 Å². The molecule has 0 spiro atoms. The molecule has 0 radical (unpaired) electrons. The summed E-state index contributed by atoms with van der Waals surface area (Å²) in [7, 11) is 1.59. The smallest absolute Gasteiger partial charge is 0.348 e. The second-order valence-corrected chi connectivity index (χ2v) is 5.97. The van der Waals surface area contributed by atoms with Crippen LogP contribution in [0.5, 0.6) is 5.75 Å². The molecular weight excluding hydrogens is 318 g/mol. The Balaban J connectivity index is 2.01. The molecule has 0 aliphatic carbocycles. The zero-order valence-corrected chi connectivity index (χ0v) is 13.9. The third kappa shape index (κ3) is 2.38. The number of hydrogen-bond acceptors (Lipinski definition) is 4. The zero-order valence-electron chi connectivity index (χ0n) is 13.9. The number of H-pyrrole nitrogens is 1. The second-order valence-electron chi connectivity index (χ2n) is 5.97. The number of aromatic nitrogens is 3. The molecule has 0 aliphatic heterocycles. The van der Waals surface area contributed by atoms with Crippen LogP contribution in [0.3, 0.4) is 0 Å². The van der Waals surface area contributed by atoms with E-state index >= 15 is 0 Å². The number of rotatable bonds is 3. The van der Waals surface area contributed by atoms with E-state index in [-0.39, 0.29) is 12.3 Å². The van der Waals surface area contributed by atoms with Gasteiger partial charge in [-0.25, -0.2) is 14.3 Å². The Bertz CT molecular complexity index is 1160. The molecule has 4 aromatic rings. The summed E-state index contributed by atoms with van der Waals surface area (Å²) in [4.78, 5) is 12.2. The normalized spacial score (nSPS) is 11.3. The minimum atomic E-state index is -0.266. The summed E-state index contributed by atoms with van der Waals surface area (Å²) in [6, 6.07) is 13.5. The molecule has 0 atom stereocenters. The summed E-state index contributed by atoms with van der Waals surface area (Å²) >= 11 is 0. The third-order valence-corrected chi connectivity index (χ3v) is 4.46. The number of benzene rings is 2. The number of pyridine rings is 1. The fourth-order valence-electron chi connectivity index (χ4n) is 3.22. The lowest BCUT2D eigenvalue weighted by molar-refractivity contribution is 0.281. The number of fused-ring (bicyclic) bond motifs is 3. The van der Waals surface area contributed by atoms with Gasteiger partial charge in [-0.1, -0.05) is 18.2 Å². The van der Waals surface area contributed by atoms with Gasteiger partial charge in [0.25, 0.3) is 0 Å². The largest absolute Gasteiger partial charge is 0.497 e. The van der Waals surface area contributed by atoms with Crippen molar-refractivity contribution in [3.63, 3.8) is 0 Å². The van der Waals surface area contributed by atoms with Gasteiger partial charge in [0.1, 0.15) is 5.75 Å². The molecule has 2 heterocycles. The molecule has 4 rings (SSSR count). The predicted octanol–water partition coefficient (Wildman–Crippen LogP) is 2.65. The molecule has 2 N–H and O–H groups in total. The fourth-order valence-corrected chi connectivity index (χ4v) is 3.22. The number of nitrogens with one attached hydrogen (secondary N) is 1. The first-order chi connectivity index (χ1) is 12.1. The van der Waals surface area contributed by atoms with E-state index in [0.717, 1.165) is 33.2 Å². The minimum Gasteiger partial charge on any atom is -0.497 e. The maximum absolute atomic E-state index is 12.2. The van der Waals surface area contributed by atoms with Gasteiger partial charge in [0.15, 0.2) is 5.65 Å². The van der Waals surface area contributed by atoms with Gasteiger partial charge < -0.3 is 9.84 Å². The highest BCUT2D eigenvalue weighted by atomic mass is 16.5. The van der Waals surface area contributed by atoms with Gasteiger partial charge >= 0.3 is 5.69 Å². The number of methoxy groups -OCH3 is 1. The first kappa shape index (κ1) is 15.4.